The molecule has 0 aromatic heterocycles. The van der Waals surface area contributed by atoms with Gasteiger partial charge in [-0.2, -0.15) is 0 Å². The SMILES string of the molecule is CCC(CC)(C(=O)O)C(C)CC(=O)O. The molecule has 0 amide bonds. The van der Waals surface area contributed by atoms with E-state index >= 15 is 0 Å². The molecule has 4 nitrogen and oxygen atoms in total. The summed E-state index contributed by atoms with van der Waals surface area (Å²) in [5, 5.41) is 17.7. The molecule has 1 unspecified atom stereocenters. The van der Waals surface area contributed by atoms with Gasteiger partial charge in [0.25, 0.3) is 0 Å². The van der Waals surface area contributed by atoms with Crippen LogP contribution < -0.4 is 0 Å². The van der Waals surface area contributed by atoms with Crippen LogP contribution in [0, 0.1) is 11.3 Å². The summed E-state index contributed by atoms with van der Waals surface area (Å²) in [7, 11) is 0. The van der Waals surface area contributed by atoms with Gasteiger partial charge in [-0.1, -0.05) is 20.8 Å². The van der Waals surface area contributed by atoms with E-state index in [9.17, 15) is 9.59 Å². The van der Waals surface area contributed by atoms with Crippen molar-refractivity contribution < 1.29 is 19.8 Å². The highest BCUT2D eigenvalue weighted by molar-refractivity contribution is 5.76. The third kappa shape index (κ3) is 2.47. The van der Waals surface area contributed by atoms with E-state index in [4.69, 9.17) is 10.2 Å². The lowest BCUT2D eigenvalue weighted by Gasteiger charge is -2.32. The summed E-state index contributed by atoms with van der Waals surface area (Å²) in [6, 6.07) is 0. The van der Waals surface area contributed by atoms with E-state index in [2.05, 4.69) is 0 Å². The molecule has 0 rings (SSSR count). The summed E-state index contributed by atoms with van der Waals surface area (Å²) < 4.78 is 0. The molecule has 2 N–H and O–H groups in total. The van der Waals surface area contributed by atoms with E-state index in [0.717, 1.165) is 0 Å². The first-order valence-corrected chi connectivity index (χ1v) is 4.85. The van der Waals surface area contributed by atoms with Crippen LogP contribution in [0.25, 0.3) is 0 Å². The number of hydrogen-bond acceptors (Lipinski definition) is 2. The van der Waals surface area contributed by atoms with Gasteiger partial charge in [0, 0.05) is 6.42 Å². The van der Waals surface area contributed by atoms with Gasteiger partial charge in [0.05, 0.1) is 5.41 Å². The van der Waals surface area contributed by atoms with Gasteiger partial charge in [0.15, 0.2) is 0 Å². The van der Waals surface area contributed by atoms with Crippen molar-refractivity contribution in [3.8, 4) is 0 Å². The van der Waals surface area contributed by atoms with Crippen molar-refractivity contribution in [3.05, 3.63) is 0 Å². The number of carbonyl (C=O) groups is 2. The Morgan fingerprint density at radius 2 is 1.64 bits per heavy atom. The third-order valence-electron chi connectivity index (χ3n) is 3.11. The minimum Gasteiger partial charge on any atom is -0.481 e. The van der Waals surface area contributed by atoms with Crippen molar-refractivity contribution in [2.75, 3.05) is 0 Å². The van der Waals surface area contributed by atoms with E-state index in [0.29, 0.717) is 12.8 Å². The van der Waals surface area contributed by atoms with Crippen molar-refractivity contribution in [3.63, 3.8) is 0 Å². The van der Waals surface area contributed by atoms with Crippen molar-refractivity contribution in [2.24, 2.45) is 11.3 Å². The first-order valence-electron chi connectivity index (χ1n) is 4.85. The summed E-state index contributed by atoms with van der Waals surface area (Å²) in [5.41, 5.74) is -0.890. The van der Waals surface area contributed by atoms with Gasteiger partial charge in [-0.3, -0.25) is 9.59 Å². The van der Waals surface area contributed by atoms with Crippen LogP contribution in [0.3, 0.4) is 0 Å². The molecule has 0 aromatic carbocycles. The molecule has 82 valence electrons. The third-order valence-corrected chi connectivity index (χ3v) is 3.11. The smallest absolute Gasteiger partial charge is 0.309 e. The van der Waals surface area contributed by atoms with Gasteiger partial charge < -0.3 is 10.2 Å². The van der Waals surface area contributed by atoms with Crippen molar-refractivity contribution >= 4 is 11.9 Å². The fourth-order valence-electron chi connectivity index (χ4n) is 1.92. The lowest BCUT2D eigenvalue weighted by molar-refractivity contribution is -0.154. The summed E-state index contributed by atoms with van der Waals surface area (Å²) >= 11 is 0. The molecule has 0 radical (unpaired) electrons. The molecule has 0 saturated carbocycles. The summed E-state index contributed by atoms with van der Waals surface area (Å²) in [6.45, 7) is 5.27. The fourth-order valence-corrected chi connectivity index (χ4v) is 1.92. The van der Waals surface area contributed by atoms with E-state index in [1.807, 2.05) is 0 Å². The summed E-state index contributed by atoms with van der Waals surface area (Å²) in [5.74, 6) is -2.17. The Balaban J connectivity index is 4.79. The van der Waals surface area contributed by atoms with Crippen LogP contribution in [0.5, 0.6) is 0 Å². The van der Waals surface area contributed by atoms with Gasteiger partial charge in [0.1, 0.15) is 0 Å². The lowest BCUT2D eigenvalue weighted by atomic mass is 9.71. The second kappa shape index (κ2) is 4.98. The van der Waals surface area contributed by atoms with Crippen LogP contribution in [-0.2, 0) is 9.59 Å². The van der Waals surface area contributed by atoms with Crippen molar-refractivity contribution in [2.45, 2.75) is 40.0 Å². The monoisotopic (exact) mass is 202 g/mol. The maximum Gasteiger partial charge on any atom is 0.309 e. The second-order valence-corrected chi connectivity index (χ2v) is 3.67. The normalized spacial score (nSPS) is 13.6. The van der Waals surface area contributed by atoms with E-state index in [-0.39, 0.29) is 12.3 Å². The van der Waals surface area contributed by atoms with Crippen LogP contribution in [-0.4, -0.2) is 22.2 Å². The Morgan fingerprint density at radius 3 is 1.86 bits per heavy atom. The Morgan fingerprint density at radius 1 is 1.21 bits per heavy atom. The lowest BCUT2D eigenvalue weighted by Crippen LogP contribution is -2.37. The molecule has 0 spiro atoms. The number of aliphatic carboxylic acids is 2. The molecular weight excluding hydrogens is 184 g/mol. The average molecular weight is 202 g/mol. The van der Waals surface area contributed by atoms with E-state index < -0.39 is 17.4 Å². The Bertz CT molecular complexity index is 218. The molecule has 0 aliphatic rings. The predicted molar refractivity (Wildman–Crippen MR) is 52.1 cm³/mol. The van der Waals surface area contributed by atoms with Crippen LogP contribution in [0.1, 0.15) is 40.0 Å². The number of hydrogen-bond donors (Lipinski definition) is 2. The number of carboxylic acid groups (broad SMARTS) is 2. The minimum atomic E-state index is -0.940. The fraction of sp³-hybridized carbons (Fsp3) is 0.800. The highest BCUT2D eigenvalue weighted by Crippen LogP contribution is 2.37. The van der Waals surface area contributed by atoms with E-state index in [1.165, 1.54) is 0 Å². The standard InChI is InChI=1S/C10H18O4/c1-4-10(5-2,9(13)14)7(3)6-8(11)12/h7H,4-6H2,1-3H3,(H,11,12)(H,13,14). The maximum atomic E-state index is 11.1. The molecule has 14 heavy (non-hydrogen) atoms. The van der Waals surface area contributed by atoms with Gasteiger partial charge in [-0.05, 0) is 18.8 Å². The zero-order valence-corrected chi connectivity index (χ0v) is 8.91. The molecule has 0 aromatic rings. The summed E-state index contributed by atoms with van der Waals surface area (Å²) in [6.07, 6.45) is 0.842. The molecule has 0 aliphatic carbocycles. The van der Waals surface area contributed by atoms with Crippen molar-refractivity contribution in [1.29, 1.82) is 0 Å². The Hall–Kier alpha value is -1.06. The molecule has 0 heterocycles. The highest BCUT2D eigenvalue weighted by atomic mass is 16.4. The average Bonchev–Trinajstić information content (AvgIpc) is 2.05. The maximum absolute atomic E-state index is 11.1. The molecule has 0 saturated heterocycles. The van der Waals surface area contributed by atoms with Crippen LogP contribution in [0.2, 0.25) is 0 Å². The number of carboxylic acids is 2. The second-order valence-electron chi connectivity index (χ2n) is 3.67. The molecule has 1 atom stereocenters. The van der Waals surface area contributed by atoms with Gasteiger partial charge in [-0.15, -0.1) is 0 Å². The number of rotatable bonds is 6. The Labute approximate surface area is 83.9 Å². The molecule has 0 fully saturated rings. The summed E-state index contributed by atoms with van der Waals surface area (Å²) in [4.78, 5) is 21.6. The minimum absolute atomic E-state index is 0.0893. The quantitative estimate of drug-likeness (QED) is 0.690. The van der Waals surface area contributed by atoms with Gasteiger partial charge in [0.2, 0.25) is 0 Å². The zero-order chi connectivity index (χ0) is 11.4. The predicted octanol–water partition coefficient (Wildman–Crippen LogP) is 1.99. The van der Waals surface area contributed by atoms with Crippen LogP contribution in [0.4, 0.5) is 0 Å². The first-order chi connectivity index (χ1) is 6.40. The highest BCUT2D eigenvalue weighted by Gasteiger charge is 2.41. The molecule has 0 bridgehead atoms. The van der Waals surface area contributed by atoms with Gasteiger partial charge >= 0.3 is 11.9 Å². The zero-order valence-electron chi connectivity index (χ0n) is 8.91. The first kappa shape index (κ1) is 12.9. The molecule has 0 aliphatic heterocycles. The molecule has 4 heteroatoms. The van der Waals surface area contributed by atoms with Crippen LogP contribution >= 0.6 is 0 Å². The molecular formula is C10H18O4. The van der Waals surface area contributed by atoms with Crippen molar-refractivity contribution in [1.82, 2.24) is 0 Å². The topological polar surface area (TPSA) is 74.6 Å². The largest absolute Gasteiger partial charge is 0.481 e. The van der Waals surface area contributed by atoms with Crippen LogP contribution in [0.15, 0.2) is 0 Å². The van der Waals surface area contributed by atoms with Gasteiger partial charge in [-0.25, -0.2) is 0 Å². The van der Waals surface area contributed by atoms with E-state index in [1.54, 1.807) is 20.8 Å². The Kier molecular flexibility index (Phi) is 4.60.